The topological polar surface area (TPSA) is 73.0 Å². The summed E-state index contributed by atoms with van der Waals surface area (Å²) in [7, 11) is 0. The van der Waals surface area contributed by atoms with Crippen LogP contribution in [0.3, 0.4) is 0 Å². The highest BCUT2D eigenvalue weighted by molar-refractivity contribution is 5.94. The van der Waals surface area contributed by atoms with Gasteiger partial charge in [-0.15, -0.1) is 0 Å². The number of amides is 1. The van der Waals surface area contributed by atoms with Gasteiger partial charge in [-0.2, -0.15) is 0 Å². The minimum Gasteiger partial charge on any atom is -0.356 e. The van der Waals surface area contributed by atoms with Crippen molar-refractivity contribution in [2.45, 2.75) is 13.1 Å². The van der Waals surface area contributed by atoms with Gasteiger partial charge in [0.1, 0.15) is 11.5 Å². The summed E-state index contributed by atoms with van der Waals surface area (Å²) in [5.41, 5.74) is 2.95. The number of benzene rings is 2. The second kappa shape index (κ2) is 7.87. The Morgan fingerprint density at radius 2 is 1.89 bits per heavy atom. The number of rotatable bonds is 6. The largest absolute Gasteiger partial charge is 0.356 e. The minimum absolute atomic E-state index is 0.194. The molecule has 140 valence electrons. The molecule has 0 aliphatic heterocycles. The lowest BCUT2D eigenvalue weighted by atomic mass is 10.1. The van der Waals surface area contributed by atoms with Crippen LogP contribution in [0.4, 0.5) is 4.39 Å². The van der Waals surface area contributed by atoms with Gasteiger partial charge in [-0.25, -0.2) is 9.37 Å². The number of nitrogens with one attached hydrogen (secondary N) is 1. The van der Waals surface area contributed by atoms with Crippen molar-refractivity contribution in [1.82, 2.24) is 20.0 Å². The molecule has 0 bridgehead atoms. The predicted octanol–water partition coefficient (Wildman–Crippen LogP) is 3.66. The summed E-state index contributed by atoms with van der Waals surface area (Å²) < 4.78 is 20.2. The van der Waals surface area contributed by atoms with E-state index in [-0.39, 0.29) is 18.3 Å². The van der Waals surface area contributed by atoms with Crippen molar-refractivity contribution in [2.24, 2.45) is 0 Å². The summed E-state index contributed by atoms with van der Waals surface area (Å²) in [4.78, 5) is 16.3. The van der Waals surface area contributed by atoms with Crippen LogP contribution in [0.1, 0.15) is 21.6 Å². The van der Waals surface area contributed by atoms with E-state index in [1.54, 1.807) is 42.9 Å². The summed E-state index contributed by atoms with van der Waals surface area (Å²) in [5.74, 6) is 0.0143. The molecule has 0 saturated heterocycles. The highest BCUT2D eigenvalue weighted by Crippen LogP contribution is 2.20. The summed E-state index contributed by atoms with van der Waals surface area (Å²) in [6, 6.07) is 15.1. The number of carbonyl (C=O) groups is 1. The van der Waals surface area contributed by atoms with Crippen molar-refractivity contribution < 1.29 is 13.7 Å². The zero-order valence-electron chi connectivity index (χ0n) is 14.9. The molecule has 0 spiro atoms. The van der Waals surface area contributed by atoms with Crippen molar-refractivity contribution in [3.8, 4) is 11.3 Å². The standard InChI is InChI=1S/C21H17FN4O2/c22-18-7-5-16(6-8-18)20-11-19(25-28-20)12-24-21(27)17-3-1-15(2-4-17)13-26-10-9-23-14-26/h1-11,14H,12-13H2,(H,24,27). The molecule has 7 heteroatoms. The van der Waals surface area contributed by atoms with E-state index < -0.39 is 0 Å². The molecular formula is C21H17FN4O2. The Morgan fingerprint density at radius 1 is 1.11 bits per heavy atom. The number of carbonyl (C=O) groups excluding carboxylic acids is 1. The lowest BCUT2D eigenvalue weighted by Gasteiger charge is -2.05. The summed E-state index contributed by atoms with van der Waals surface area (Å²) in [6.45, 7) is 0.938. The molecular weight excluding hydrogens is 359 g/mol. The first kappa shape index (κ1) is 17.7. The number of hydrogen-bond acceptors (Lipinski definition) is 4. The van der Waals surface area contributed by atoms with Gasteiger partial charge in [-0.05, 0) is 42.0 Å². The van der Waals surface area contributed by atoms with Crippen LogP contribution in [0.5, 0.6) is 0 Å². The molecule has 0 atom stereocenters. The van der Waals surface area contributed by atoms with Gasteiger partial charge in [0.25, 0.3) is 5.91 Å². The van der Waals surface area contributed by atoms with Gasteiger partial charge in [0, 0.05) is 36.1 Å². The molecule has 28 heavy (non-hydrogen) atoms. The van der Waals surface area contributed by atoms with Crippen molar-refractivity contribution in [3.05, 3.63) is 96.0 Å². The van der Waals surface area contributed by atoms with Crippen molar-refractivity contribution in [3.63, 3.8) is 0 Å². The third kappa shape index (κ3) is 4.15. The van der Waals surface area contributed by atoms with Crippen LogP contribution in [0, 0.1) is 5.82 Å². The Bertz CT molecular complexity index is 1050. The van der Waals surface area contributed by atoms with E-state index in [0.29, 0.717) is 23.6 Å². The third-order valence-electron chi connectivity index (χ3n) is 4.26. The Hall–Kier alpha value is -3.74. The molecule has 0 fully saturated rings. The Morgan fingerprint density at radius 3 is 2.61 bits per heavy atom. The van der Waals surface area contributed by atoms with E-state index in [9.17, 15) is 9.18 Å². The maximum Gasteiger partial charge on any atom is 0.251 e. The van der Waals surface area contributed by atoms with E-state index in [2.05, 4.69) is 15.5 Å². The van der Waals surface area contributed by atoms with Gasteiger partial charge in [-0.3, -0.25) is 4.79 Å². The van der Waals surface area contributed by atoms with Crippen LogP contribution in [0.15, 0.2) is 77.8 Å². The lowest BCUT2D eigenvalue weighted by molar-refractivity contribution is 0.0950. The smallest absolute Gasteiger partial charge is 0.251 e. The number of nitrogens with zero attached hydrogens (tertiary/aromatic N) is 3. The molecule has 0 aliphatic carbocycles. The van der Waals surface area contributed by atoms with Gasteiger partial charge in [0.15, 0.2) is 5.76 Å². The summed E-state index contributed by atoms with van der Waals surface area (Å²) >= 11 is 0. The number of imidazole rings is 1. The van der Waals surface area contributed by atoms with Crippen molar-refractivity contribution >= 4 is 5.91 Å². The SMILES string of the molecule is O=C(NCc1cc(-c2ccc(F)cc2)on1)c1ccc(Cn2ccnc2)cc1. The van der Waals surface area contributed by atoms with Gasteiger partial charge in [0.2, 0.25) is 0 Å². The molecule has 0 aliphatic rings. The maximum atomic E-state index is 13.0. The Labute approximate surface area is 160 Å². The van der Waals surface area contributed by atoms with Crippen LogP contribution in [-0.2, 0) is 13.1 Å². The molecule has 2 heterocycles. The molecule has 2 aromatic heterocycles. The maximum absolute atomic E-state index is 13.0. The van der Waals surface area contributed by atoms with Crippen LogP contribution in [-0.4, -0.2) is 20.6 Å². The highest BCUT2D eigenvalue weighted by atomic mass is 19.1. The number of halogens is 1. The fourth-order valence-electron chi connectivity index (χ4n) is 2.77. The molecule has 6 nitrogen and oxygen atoms in total. The lowest BCUT2D eigenvalue weighted by Crippen LogP contribution is -2.22. The second-order valence-corrected chi connectivity index (χ2v) is 6.30. The predicted molar refractivity (Wildman–Crippen MR) is 101 cm³/mol. The number of aromatic nitrogens is 3. The first-order valence-electron chi connectivity index (χ1n) is 8.72. The zero-order valence-corrected chi connectivity index (χ0v) is 14.9. The van der Waals surface area contributed by atoms with Crippen LogP contribution < -0.4 is 5.32 Å². The fourth-order valence-corrected chi connectivity index (χ4v) is 2.77. The molecule has 0 radical (unpaired) electrons. The first-order valence-corrected chi connectivity index (χ1v) is 8.72. The fraction of sp³-hybridized carbons (Fsp3) is 0.0952. The Balaban J connectivity index is 1.34. The van der Waals surface area contributed by atoms with Gasteiger partial charge >= 0.3 is 0 Å². The van der Waals surface area contributed by atoms with E-state index >= 15 is 0 Å². The van der Waals surface area contributed by atoms with E-state index in [0.717, 1.165) is 11.1 Å². The zero-order chi connectivity index (χ0) is 19.3. The quantitative estimate of drug-likeness (QED) is 0.557. The van der Waals surface area contributed by atoms with E-state index in [4.69, 9.17) is 4.52 Å². The van der Waals surface area contributed by atoms with Crippen LogP contribution in [0.2, 0.25) is 0 Å². The number of hydrogen-bond donors (Lipinski definition) is 1. The van der Waals surface area contributed by atoms with Crippen molar-refractivity contribution in [1.29, 1.82) is 0 Å². The first-order chi connectivity index (χ1) is 13.7. The molecule has 4 aromatic rings. The highest BCUT2D eigenvalue weighted by Gasteiger charge is 2.10. The molecule has 1 amide bonds. The molecule has 0 unspecified atom stereocenters. The van der Waals surface area contributed by atoms with Gasteiger partial charge < -0.3 is 14.4 Å². The summed E-state index contributed by atoms with van der Waals surface area (Å²) in [6.07, 6.45) is 5.37. The Kier molecular flexibility index (Phi) is 4.97. The van der Waals surface area contributed by atoms with E-state index in [1.807, 2.05) is 22.9 Å². The third-order valence-corrected chi connectivity index (χ3v) is 4.26. The molecule has 4 rings (SSSR count). The van der Waals surface area contributed by atoms with Gasteiger partial charge in [-0.1, -0.05) is 17.3 Å². The van der Waals surface area contributed by atoms with Crippen LogP contribution >= 0.6 is 0 Å². The molecule has 2 aromatic carbocycles. The molecule has 1 N–H and O–H groups in total. The average Bonchev–Trinajstić information content (AvgIpc) is 3.39. The minimum atomic E-state index is -0.313. The van der Waals surface area contributed by atoms with E-state index in [1.165, 1.54) is 12.1 Å². The summed E-state index contributed by atoms with van der Waals surface area (Å²) in [5, 5.41) is 6.76. The normalized spacial score (nSPS) is 10.8. The van der Waals surface area contributed by atoms with Crippen LogP contribution in [0.25, 0.3) is 11.3 Å². The average molecular weight is 376 g/mol. The van der Waals surface area contributed by atoms with Gasteiger partial charge in [0.05, 0.1) is 12.9 Å². The molecule has 0 saturated carbocycles. The van der Waals surface area contributed by atoms with Crippen molar-refractivity contribution in [2.75, 3.05) is 0 Å². The second-order valence-electron chi connectivity index (χ2n) is 6.30. The monoisotopic (exact) mass is 376 g/mol.